The van der Waals surface area contributed by atoms with Gasteiger partial charge in [0.2, 0.25) is 0 Å². The lowest BCUT2D eigenvalue weighted by Crippen LogP contribution is -2.38. The van der Waals surface area contributed by atoms with Crippen LogP contribution in [0.1, 0.15) is 10.5 Å². The van der Waals surface area contributed by atoms with Crippen molar-refractivity contribution in [1.29, 1.82) is 0 Å². The second kappa shape index (κ2) is 10.7. The molecular formula is C27H24FN7O2S. The molecule has 6 rings (SSSR count). The molecule has 5 aromatic rings. The number of fused-ring (bicyclic) bond motifs is 1. The molecule has 11 heteroatoms. The second-order valence-electron chi connectivity index (χ2n) is 8.93. The van der Waals surface area contributed by atoms with Crippen LogP contribution >= 0.6 is 11.3 Å². The van der Waals surface area contributed by atoms with E-state index in [1.54, 1.807) is 29.9 Å². The van der Waals surface area contributed by atoms with Gasteiger partial charge < -0.3 is 10.1 Å². The number of aromatic nitrogens is 5. The zero-order valence-corrected chi connectivity index (χ0v) is 21.2. The number of nitrogens with one attached hydrogen (secondary N) is 1. The van der Waals surface area contributed by atoms with E-state index in [-0.39, 0.29) is 11.7 Å². The SMILES string of the molecule is O=C(Nc1cc2cn(CCN3CCOCC3)nc2cc1-c1ccc(F)cc1)c1csc(-c2cncnc2)n1. The van der Waals surface area contributed by atoms with Crippen LogP contribution in [0.2, 0.25) is 0 Å². The first-order valence-corrected chi connectivity index (χ1v) is 13.1. The summed E-state index contributed by atoms with van der Waals surface area (Å²) in [6.45, 7) is 4.97. The fourth-order valence-electron chi connectivity index (χ4n) is 4.38. The largest absolute Gasteiger partial charge is 0.379 e. The van der Waals surface area contributed by atoms with Gasteiger partial charge in [-0.1, -0.05) is 12.1 Å². The number of carbonyl (C=O) groups is 1. The summed E-state index contributed by atoms with van der Waals surface area (Å²) in [7, 11) is 0. The molecule has 1 saturated heterocycles. The molecule has 0 spiro atoms. The maximum atomic E-state index is 13.7. The summed E-state index contributed by atoms with van der Waals surface area (Å²) < 4.78 is 21.0. The number of rotatable bonds is 7. The quantitative estimate of drug-likeness (QED) is 0.335. The summed E-state index contributed by atoms with van der Waals surface area (Å²) >= 11 is 1.35. The van der Waals surface area contributed by atoms with Gasteiger partial charge in [0.15, 0.2) is 0 Å². The van der Waals surface area contributed by atoms with E-state index in [9.17, 15) is 9.18 Å². The number of hydrogen-bond donors (Lipinski definition) is 1. The van der Waals surface area contributed by atoms with Crippen LogP contribution in [-0.2, 0) is 11.3 Å². The standard InChI is InChI=1S/C27H24FN7O2S/c28-21-3-1-18(2-4-21)22-12-23-19(15-35(33-23)6-5-34-7-9-37-10-8-34)11-24(22)31-26(36)25-16-38-27(32-25)20-13-29-17-30-14-20/h1-4,11-17H,5-10H2,(H,31,36). The lowest BCUT2D eigenvalue weighted by molar-refractivity contribution is 0.0360. The second-order valence-corrected chi connectivity index (χ2v) is 9.79. The van der Waals surface area contributed by atoms with E-state index < -0.39 is 0 Å². The highest BCUT2D eigenvalue weighted by atomic mass is 32.1. The zero-order chi connectivity index (χ0) is 25.9. The van der Waals surface area contributed by atoms with Crippen LogP contribution in [0, 0.1) is 5.82 Å². The molecule has 0 unspecified atom stereocenters. The van der Waals surface area contributed by atoms with Crippen molar-refractivity contribution in [2.75, 3.05) is 38.2 Å². The smallest absolute Gasteiger partial charge is 0.275 e. The number of carbonyl (C=O) groups excluding carboxylic acids is 1. The molecule has 0 aliphatic carbocycles. The van der Waals surface area contributed by atoms with Gasteiger partial charge >= 0.3 is 0 Å². The third-order valence-electron chi connectivity index (χ3n) is 6.39. The van der Waals surface area contributed by atoms with Crippen molar-refractivity contribution in [2.24, 2.45) is 0 Å². The molecule has 0 atom stereocenters. The molecule has 1 aliphatic heterocycles. The number of ether oxygens (including phenoxy) is 1. The van der Waals surface area contributed by atoms with Crippen LogP contribution in [0.25, 0.3) is 32.6 Å². The van der Waals surface area contributed by atoms with E-state index in [1.165, 1.54) is 29.8 Å². The normalized spacial score (nSPS) is 14.1. The molecule has 4 heterocycles. The Balaban J connectivity index is 1.29. The number of anilines is 1. The molecular weight excluding hydrogens is 505 g/mol. The number of amides is 1. The maximum Gasteiger partial charge on any atom is 0.275 e. The predicted octanol–water partition coefficient (Wildman–Crippen LogP) is 4.34. The van der Waals surface area contributed by atoms with E-state index in [2.05, 4.69) is 25.2 Å². The lowest BCUT2D eigenvalue weighted by atomic mass is 10.0. The van der Waals surface area contributed by atoms with Crippen molar-refractivity contribution in [3.63, 3.8) is 0 Å². The molecule has 0 radical (unpaired) electrons. The van der Waals surface area contributed by atoms with Gasteiger partial charge in [-0.05, 0) is 29.8 Å². The van der Waals surface area contributed by atoms with Crippen LogP contribution in [0.5, 0.6) is 0 Å². The summed E-state index contributed by atoms with van der Waals surface area (Å²) in [4.78, 5) is 28.1. The van der Waals surface area contributed by atoms with Crippen LogP contribution in [-0.4, -0.2) is 68.4 Å². The number of hydrogen-bond acceptors (Lipinski definition) is 8. The molecule has 2 aromatic carbocycles. The fourth-order valence-corrected chi connectivity index (χ4v) is 5.16. The van der Waals surface area contributed by atoms with Gasteiger partial charge in [-0.2, -0.15) is 5.10 Å². The minimum atomic E-state index is -0.341. The van der Waals surface area contributed by atoms with Crippen molar-refractivity contribution >= 4 is 33.8 Å². The van der Waals surface area contributed by atoms with Gasteiger partial charge in [0.1, 0.15) is 22.8 Å². The zero-order valence-electron chi connectivity index (χ0n) is 20.4. The highest BCUT2D eigenvalue weighted by molar-refractivity contribution is 7.13. The Kier molecular flexibility index (Phi) is 6.86. The maximum absolute atomic E-state index is 13.7. The first-order chi connectivity index (χ1) is 18.6. The number of thiazole rings is 1. The molecule has 38 heavy (non-hydrogen) atoms. The third-order valence-corrected chi connectivity index (χ3v) is 7.28. The van der Waals surface area contributed by atoms with Gasteiger partial charge in [0.05, 0.1) is 25.3 Å². The third kappa shape index (κ3) is 5.30. The monoisotopic (exact) mass is 529 g/mol. The summed E-state index contributed by atoms with van der Waals surface area (Å²) in [5.41, 5.74) is 3.95. The van der Waals surface area contributed by atoms with Crippen LogP contribution < -0.4 is 5.32 Å². The molecule has 1 aliphatic rings. The summed E-state index contributed by atoms with van der Waals surface area (Å²) in [6, 6.07) is 10.0. The molecule has 9 nitrogen and oxygen atoms in total. The van der Waals surface area contributed by atoms with E-state index >= 15 is 0 Å². The molecule has 0 bridgehead atoms. The van der Waals surface area contributed by atoms with Gasteiger partial charge in [-0.15, -0.1) is 11.3 Å². The predicted molar refractivity (Wildman–Crippen MR) is 143 cm³/mol. The highest BCUT2D eigenvalue weighted by Gasteiger charge is 2.17. The van der Waals surface area contributed by atoms with E-state index in [1.807, 2.05) is 23.0 Å². The number of halogens is 1. The minimum Gasteiger partial charge on any atom is -0.379 e. The van der Waals surface area contributed by atoms with E-state index in [0.717, 1.165) is 67.0 Å². The van der Waals surface area contributed by atoms with Crippen LogP contribution in [0.15, 0.2) is 66.7 Å². The Morgan fingerprint density at radius 1 is 1.05 bits per heavy atom. The van der Waals surface area contributed by atoms with Gasteiger partial charge in [-0.25, -0.2) is 19.3 Å². The van der Waals surface area contributed by atoms with E-state index in [4.69, 9.17) is 9.84 Å². The Morgan fingerprint density at radius 2 is 1.84 bits per heavy atom. The number of benzene rings is 2. The van der Waals surface area contributed by atoms with Crippen molar-refractivity contribution in [1.82, 2.24) is 29.6 Å². The number of morpholine rings is 1. The van der Waals surface area contributed by atoms with Gasteiger partial charge in [0.25, 0.3) is 5.91 Å². The summed E-state index contributed by atoms with van der Waals surface area (Å²) in [5, 5.41) is 11.0. The van der Waals surface area contributed by atoms with Crippen molar-refractivity contribution in [3.8, 4) is 21.7 Å². The number of nitrogens with zero attached hydrogens (tertiary/aromatic N) is 6. The Hall–Kier alpha value is -4.06. The molecule has 1 amide bonds. The molecule has 0 saturated carbocycles. The fraction of sp³-hybridized carbons (Fsp3) is 0.222. The van der Waals surface area contributed by atoms with Gasteiger partial charge in [-0.3, -0.25) is 14.4 Å². The Morgan fingerprint density at radius 3 is 2.63 bits per heavy atom. The van der Waals surface area contributed by atoms with Crippen LogP contribution in [0.4, 0.5) is 10.1 Å². The molecule has 3 aromatic heterocycles. The Labute approximate surface area is 221 Å². The molecule has 192 valence electrons. The van der Waals surface area contributed by atoms with Crippen LogP contribution in [0.3, 0.4) is 0 Å². The van der Waals surface area contributed by atoms with Crippen molar-refractivity contribution in [2.45, 2.75) is 6.54 Å². The lowest BCUT2D eigenvalue weighted by Gasteiger charge is -2.26. The topological polar surface area (TPSA) is 98.1 Å². The average molecular weight is 530 g/mol. The van der Waals surface area contributed by atoms with Crippen molar-refractivity contribution in [3.05, 3.63) is 78.2 Å². The summed E-state index contributed by atoms with van der Waals surface area (Å²) in [5.74, 6) is -0.667. The highest BCUT2D eigenvalue weighted by Crippen LogP contribution is 2.33. The van der Waals surface area contributed by atoms with Gasteiger partial charge in [0, 0.05) is 65.8 Å². The first-order valence-electron chi connectivity index (χ1n) is 12.2. The first kappa shape index (κ1) is 24.3. The molecule has 1 fully saturated rings. The summed E-state index contributed by atoms with van der Waals surface area (Å²) in [6.07, 6.45) is 6.74. The minimum absolute atomic E-state index is 0.292. The Bertz CT molecular complexity index is 1560. The molecule has 1 N–H and O–H groups in total. The average Bonchev–Trinajstić information content (AvgIpc) is 3.60. The van der Waals surface area contributed by atoms with Crippen molar-refractivity contribution < 1.29 is 13.9 Å². The van der Waals surface area contributed by atoms with E-state index in [0.29, 0.717) is 16.4 Å².